The lowest BCUT2D eigenvalue weighted by Crippen LogP contribution is -2.09. The lowest BCUT2D eigenvalue weighted by molar-refractivity contribution is 0.104. The van der Waals surface area contributed by atoms with Crippen LogP contribution in [0.5, 0.6) is 5.75 Å². The van der Waals surface area contributed by atoms with Crippen molar-refractivity contribution in [2.24, 2.45) is 0 Å². The van der Waals surface area contributed by atoms with Crippen molar-refractivity contribution >= 4 is 6.16 Å². The summed E-state index contributed by atoms with van der Waals surface area (Å²) in [6.07, 6.45) is 0.724. The van der Waals surface area contributed by atoms with Crippen LogP contribution in [-0.2, 0) is 11.2 Å². The lowest BCUT2D eigenvalue weighted by Gasteiger charge is -2.11. The molecule has 0 aliphatic rings. The molecule has 0 saturated heterocycles. The summed E-state index contributed by atoms with van der Waals surface area (Å²) in [4.78, 5) is 11.3. The monoisotopic (exact) mass is 414 g/mol. The van der Waals surface area contributed by atoms with Crippen LogP contribution in [0.1, 0.15) is 25.8 Å². The van der Waals surface area contributed by atoms with Gasteiger partial charge in [-0.15, -0.1) is 0 Å². The summed E-state index contributed by atoms with van der Waals surface area (Å²) < 4.78 is 53.6. The first-order chi connectivity index (χ1) is 14.4. The van der Waals surface area contributed by atoms with Gasteiger partial charge in [-0.25, -0.2) is 18.0 Å². The van der Waals surface area contributed by atoms with E-state index in [0.717, 1.165) is 12.0 Å². The van der Waals surface area contributed by atoms with Crippen LogP contribution in [-0.4, -0.2) is 12.8 Å². The van der Waals surface area contributed by atoms with Gasteiger partial charge in [0.15, 0.2) is 11.6 Å². The highest BCUT2D eigenvalue weighted by Gasteiger charge is 2.18. The van der Waals surface area contributed by atoms with Gasteiger partial charge in [-0.1, -0.05) is 49.7 Å². The highest BCUT2D eigenvalue weighted by atomic mass is 19.2. The van der Waals surface area contributed by atoms with Gasteiger partial charge in [0, 0.05) is 16.7 Å². The van der Waals surface area contributed by atoms with Crippen molar-refractivity contribution in [1.82, 2.24) is 0 Å². The largest absolute Gasteiger partial charge is 0.513 e. The molecule has 3 nitrogen and oxygen atoms in total. The zero-order chi connectivity index (χ0) is 21.7. The maximum absolute atomic E-state index is 14.8. The van der Waals surface area contributed by atoms with E-state index in [4.69, 9.17) is 4.74 Å². The van der Waals surface area contributed by atoms with Gasteiger partial charge in [0.2, 0.25) is 0 Å². The summed E-state index contributed by atoms with van der Waals surface area (Å²) >= 11 is 0. The Bertz CT molecular complexity index is 1050. The van der Waals surface area contributed by atoms with E-state index in [1.54, 1.807) is 13.0 Å². The molecule has 0 atom stereocenters. The first-order valence-corrected chi connectivity index (χ1v) is 9.66. The van der Waals surface area contributed by atoms with Gasteiger partial charge in [-0.3, -0.25) is 0 Å². The highest BCUT2D eigenvalue weighted by Crippen LogP contribution is 2.33. The summed E-state index contributed by atoms with van der Waals surface area (Å²) in [6.45, 7) is 3.81. The molecule has 0 fully saturated rings. The second kappa shape index (κ2) is 9.48. The Morgan fingerprint density at radius 1 is 0.833 bits per heavy atom. The summed E-state index contributed by atoms with van der Waals surface area (Å²) in [7, 11) is 0. The number of aryl methyl sites for hydroxylation is 1. The highest BCUT2D eigenvalue weighted by molar-refractivity contribution is 5.73. The summed E-state index contributed by atoms with van der Waals surface area (Å²) in [6, 6.07) is 13.2. The Balaban J connectivity index is 1.89. The predicted molar refractivity (Wildman–Crippen MR) is 109 cm³/mol. The van der Waals surface area contributed by atoms with Crippen molar-refractivity contribution in [3.8, 4) is 28.0 Å². The van der Waals surface area contributed by atoms with Crippen LogP contribution < -0.4 is 4.74 Å². The zero-order valence-electron chi connectivity index (χ0n) is 16.7. The molecule has 156 valence electrons. The molecule has 0 spiro atoms. The molecule has 30 heavy (non-hydrogen) atoms. The van der Waals surface area contributed by atoms with E-state index in [-0.39, 0.29) is 29.0 Å². The van der Waals surface area contributed by atoms with Crippen LogP contribution in [0.2, 0.25) is 0 Å². The van der Waals surface area contributed by atoms with Crippen molar-refractivity contribution < 1.29 is 27.4 Å². The number of carbonyl (C=O) groups is 1. The van der Waals surface area contributed by atoms with Gasteiger partial charge in [0.25, 0.3) is 0 Å². The summed E-state index contributed by atoms with van der Waals surface area (Å²) in [5.41, 5.74) is 1.08. The fourth-order valence-corrected chi connectivity index (χ4v) is 3.15. The van der Waals surface area contributed by atoms with Crippen molar-refractivity contribution in [3.63, 3.8) is 0 Å². The third kappa shape index (κ3) is 4.64. The molecule has 0 saturated carbocycles. The van der Waals surface area contributed by atoms with Crippen LogP contribution in [0, 0.1) is 17.5 Å². The molecule has 0 amide bonds. The lowest BCUT2D eigenvalue weighted by atomic mass is 9.97. The normalized spacial score (nSPS) is 10.7. The van der Waals surface area contributed by atoms with Crippen LogP contribution >= 0.6 is 0 Å². The first kappa shape index (κ1) is 21.4. The molecule has 0 aromatic heterocycles. The minimum atomic E-state index is -1.12. The standard InChI is InChI=1S/C24H21F3O3/c1-3-5-15-6-11-19(21(25)14-15)20-13-12-18(22(26)23(20)27)16-7-9-17(10-8-16)30-24(28)29-4-2/h6-14H,3-5H2,1-2H3. The second-order valence-corrected chi connectivity index (χ2v) is 6.66. The van der Waals surface area contributed by atoms with Gasteiger partial charge in [-0.05, 0) is 42.7 Å². The molecule has 0 aliphatic carbocycles. The Labute approximate surface area is 173 Å². The Kier molecular flexibility index (Phi) is 6.77. The number of hydrogen-bond donors (Lipinski definition) is 0. The predicted octanol–water partition coefficient (Wildman–Crippen LogP) is 6.93. The fourth-order valence-electron chi connectivity index (χ4n) is 3.15. The van der Waals surface area contributed by atoms with E-state index in [9.17, 15) is 18.0 Å². The van der Waals surface area contributed by atoms with Crippen LogP contribution in [0.25, 0.3) is 22.3 Å². The molecule has 0 aliphatic heterocycles. The smallest absolute Gasteiger partial charge is 0.434 e. The van der Waals surface area contributed by atoms with Gasteiger partial charge in [0.05, 0.1) is 6.61 Å². The number of rotatable bonds is 6. The third-order valence-electron chi connectivity index (χ3n) is 4.57. The number of ether oxygens (including phenoxy) is 2. The fraction of sp³-hybridized carbons (Fsp3) is 0.208. The molecule has 0 radical (unpaired) electrons. The zero-order valence-corrected chi connectivity index (χ0v) is 16.7. The molecule has 6 heteroatoms. The van der Waals surface area contributed by atoms with E-state index in [1.807, 2.05) is 6.92 Å². The maximum Gasteiger partial charge on any atom is 0.513 e. The molecule has 3 aromatic rings. The molecular formula is C24H21F3O3. The molecular weight excluding hydrogens is 393 g/mol. The van der Waals surface area contributed by atoms with E-state index in [2.05, 4.69) is 4.74 Å². The Morgan fingerprint density at radius 3 is 2.10 bits per heavy atom. The van der Waals surface area contributed by atoms with Gasteiger partial charge in [-0.2, -0.15) is 0 Å². The number of hydrogen-bond acceptors (Lipinski definition) is 3. The van der Waals surface area contributed by atoms with Crippen LogP contribution in [0.15, 0.2) is 54.6 Å². The number of benzene rings is 3. The second-order valence-electron chi connectivity index (χ2n) is 6.66. The number of halogens is 3. The molecule has 0 unspecified atom stereocenters. The quantitative estimate of drug-likeness (QED) is 0.324. The summed E-state index contributed by atoms with van der Waals surface area (Å²) in [5, 5.41) is 0. The Morgan fingerprint density at radius 2 is 1.47 bits per heavy atom. The van der Waals surface area contributed by atoms with Gasteiger partial charge < -0.3 is 9.47 Å². The van der Waals surface area contributed by atoms with E-state index in [0.29, 0.717) is 12.0 Å². The van der Waals surface area contributed by atoms with E-state index >= 15 is 0 Å². The van der Waals surface area contributed by atoms with Crippen molar-refractivity contribution in [3.05, 3.63) is 77.6 Å². The molecule has 3 aromatic carbocycles. The molecule has 0 N–H and O–H groups in total. The van der Waals surface area contributed by atoms with E-state index in [1.165, 1.54) is 48.5 Å². The SMILES string of the molecule is CCCc1ccc(-c2ccc(-c3ccc(OC(=O)OCC)cc3)c(F)c2F)c(F)c1. The van der Waals surface area contributed by atoms with Gasteiger partial charge in [0.1, 0.15) is 11.6 Å². The average Bonchev–Trinajstić information content (AvgIpc) is 2.72. The topological polar surface area (TPSA) is 35.5 Å². The van der Waals surface area contributed by atoms with Crippen LogP contribution in [0.4, 0.5) is 18.0 Å². The first-order valence-electron chi connectivity index (χ1n) is 9.66. The van der Waals surface area contributed by atoms with Crippen LogP contribution in [0.3, 0.4) is 0 Å². The minimum absolute atomic E-state index is 0.0102. The third-order valence-corrected chi connectivity index (χ3v) is 4.57. The van der Waals surface area contributed by atoms with Crippen molar-refractivity contribution in [2.45, 2.75) is 26.7 Å². The minimum Gasteiger partial charge on any atom is -0.434 e. The Hall–Kier alpha value is -3.28. The summed E-state index contributed by atoms with van der Waals surface area (Å²) in [5.74, 6) is -2.58. The van der Waals surface area contributed by atoms with Gasteiger partial charge >= 0.3 is 6.16 Å². The molecule has 0 bridgehead atoms. The maximum atomic E-state index is 14.8. The van der Waals surface area contributed by atoms with Crippen molar-refractivity contribution in [1.29, 1.82) is 0 Å². The van der Waals surface area contributed by atoms with E-state index < -0.39 is 23.6 Å². The number of carbonyl (C=O) groups excluding carboxylic acids is 1. The molecule has 3 rings (SSSR count). The molecule has 0 heterocycles. The average molecular weight is 414 g/mol. The van der Waals surface area contributed by atoms with Crippen molar-refractivity contribution in [2.75, 3.05) is 6.61 Å².